The van der Waals surface area contributed by atoms with Crippen LogP contribution in [0.25, 0.3) is 0 Å². The first-order valence-corrected chi connectivity index (χ1v) is 10.6. The Morgan fingerprint density at radius 1 is 0.848 bits per heavy atom. The Hall–Kier alpha value is -4.00. The number of rotatable bonds is 8. The van der Waals surface area contributed by atoms with Gasteiger partial charge in [-0.05, 0) is 59.5 Å². The summed E-state index contributed by atoms with van der Waals surface area (Å²) in [6, 6.07) is 19.5. The molecule has 172 valence electrons. The van der Waals surface area contributed by atoms with E-state index in [1.165, 1.54) is 18.7 Å². The predicted octanol–water partition coefficient (Wildman–Crippen LogP) is 5.83. The third-order valence-corrected chi connectivity index (χ3v) is 5.03. The second kappa shape index (κ2) is 11.0. The van der Waals surface area contributed by atoms with Crippen molar-refractivity contribution in [2.45, 2.75) is 26.4 Å². The topological polar surface area (TPSA) is 85.9 Å². The van der Waals surface area contributed by atoms with E-state index in [0.717, 1.165) is 5.56 Å². The summed E-state index contributed by atoms with van der Waals surface area (Å²) >= 11 is 0. The minimum absolute atomic E-state index is 0.221. The van der Waals surface area contributed by atoms with E-state index in [4.69, 9.17) is 14.2 Å². The maximum Gasteiger partial charge on any atom is 0.341 e. The number of nitrogens with one attached hydrogen (secondary N) is 2. The lowest BCUT2D eigenvalue weighted by atomic mass is 10.0. The molecule has 7 heteroatoms. The first-order chi connectivity index (χ1) is 15.9. The van der Waals surface area contributed by atoms with Crippen LogP contribution < -0.4 is 20.1 Å². The molecular weight excluding hydrogens is 420 g/mol. The Morgan fingerprint density at radius 2 is 1.48 bits per heavy atom. The molecule has 0 aliphatic carbocycles. The summed E-state index contributed by atoms with van der Waals surface area (Å²) in [5, 5.41) is 5.44. The first-order valence-electron chi connectivity index (χ1n) is 10.6. The highest BCUT2D eigenvalue weighted by molar-refractivity contribution is 6.01. The molecule has 0 fully saturated rings. The van der Waals surface area contributed by atoms with Gasteiger partial charge in [0.2, 0.25) is 0 Å². The van der Waals surface area contributed by atoms with Crippen LogP contribution in [0.15, 0.2) is 66.7 Å². The Balaban J connectivity index is 1.68. The second-order valence-corrected chi connectivity index (χ2v) is 7.70. The fourth-order valence-electron chi connectivity index (χ4n) is 3.13. The summed E-state index contributed by atoms with van der Waals surface area (Å²) in [5.41, 5.74) is 3.48. The van der Waals surface area contributed by atoms with E-state index in [-0.39, 0.29) is 5.56 Å². The lowest BCUT2D eigenvalue weighted by molar-refractivity contribution is 0.0595. The average molecular weight is 449 g/mol. The number of amides is 2. The van der Waals surface area contributed by atoms with Gasteiger partial charge in [0.25, 0.3) is 0 Å². The van der Waals surface area contributed by atoms with E-state index in [1.54, 1.807) is 43.5 Å². The predicted molar refractivity (Wildman–Crippen MR) is 128 cm³/mol. The second-order valence-electron chi connectivity index (χ2n) is 7.70. The van der Waals surface area contributed by atoms with Gasteiger partial charge in [0.05, 0.1) is 14.2 Å². The molecule has 2 amide bonds. The van der Waals surface area contributed by atoms with Gasteiger partial charge < -0.3 is 24.8 Å². The molecule has 0 saturated heterocycles. The van der Waals surface area contributed by atoms with E-state index >= 15 is 0 Å². The molecule has 0 atom stereocenters. The first kappa shape index (κ1) is 23.7. The van der Waals surface area contributed by atoms with Crippen LogP contribution in [0.4, 0.5) is 16.2 Å². The van der Waals surface area contributed by atoms with Crippen molar-refractivity contribution in [1.29, 1.82) is 0 Å². The summed E-state index contributed by atoms with van der Waals surface area (Å²) in [4.78, 5) is 24.7. The summed E-state index contributed by atoms with van der Waals surface area (Å²) < 4.78 is 15.9. The highest BCUT2D eigenvalue weighted by atomic mass is 16.5. The quantitative estimate of drug-likeness (QED) is 0.424. The minimum atomic E-state index is -0.556. The SMILES string of the molecule is COC(=O)c1cc(NC(=O)Nc2ccc(OC)cc2)ccc1OCc1ccc(C(C)C)cc1. The van der Waals surface area contributed by atoms with Crippen molar-refractivity contribution in [3.8, 4) is 11.5 Å². The van der Waals surface area contributed by atoms with Crippen LogP contribution in [0.2, 0.25) is 0 Å². The zero-order valence-electron chi connectivity index (χ0n) is 19.2. The van der Waals surface area contributed by atoms with Crippen LogP contribution in [-0.4, -0.2) is 26.2 Å². The van der Waals surface area contributed by atoms with Crippen molar-refractivity contribution in [2.24, 2.45) is 0 Å². The van der Waals surface area contributed by atoms with Crippen molar-refractivity contribution in [1.82, 2.24) is 0 Å². The van der Waals surface area contributed by atoms with Gasteiger partial charge >= 0.3 is 12.0 Å². The van der Waals surface area contributed by atoms with E-state index in [2.05, 4.69) is 36.6 Å². The maximum atomic E-state index is 12.4. The highest BCUT2D eigenvalue weighted by Gasteiger charge is 2.15. The number of anilines is 2. The van der Waals surface area contributed by atoms with E-state index in [9.17, 15) is 9.59 Å². The third-order valence-electron chi connectivity index (χ3n) is 5.03. The molecule has 0 spiro atoms. The van der Waals surface area contributed by atoms with Crippen LogP contribution in [-0.2, 0) is 11.3 Å². The van der Waals surface area contributed by atoms with Gasteiger partial charge in [0.15, 0.2) is 0 Å². The fraction of sp³-hybridized carbons (Fsp3) is 0.231. The molecule has 0 bridgehead atoms. The van der Waals surface area contributed by atoms with Crippen LogP contribution >= 0.6 is 0 Å². The highest BCUT2D eigenvalue weighted by Crippen LogP contribution is 2.25. The number of ether oxygens (including phenoxy) is 3. The lowest BCUT2D eigenvalue weighted by Gasteiger charge is -2.14. The van der Waals surface area contributed by atoms with Crippen LogP contribution in [0, 0.1) is 0 Å². The average Bonchev–Trinajstić information content (AvgIpc) is 2.83. The number of methoxy groups -OCH3 is 2. The summed E-state index contributed by atoms with van der Waals surface area (Å²) in [6.07, 6.45) is 0. The zero-order chi connectivity index (χ0) is 23.8. The minimum Gasteiger partial charge on any atom is -0.497 e. The van der Waals surface area contributed by atoms with Crippen molar-refractivity contribution >= 4 is 23.4 Å². The third kappa shape index (κ3) is 6.49. The van der Waals surface area contributed by atoms with Gasteiger partial charge in [-0.1, -0.05) is 38.1 Å². The largest absolute Gasteiger partial charge is 0.497 e. The van der Waals surface area contributed by atoms with Crippen molar-refractivity contribution in [2.75, 3.05) is 24.9 Å². The molecule has 7 nitrogen and oxygen atoms in total. The normalized spacial score (nSPS) is 10.5. The van der Waals surface area contributed by atoms with Gasteiger partial charge in [-0.25, -0.2) is 9.59 Å². The molecule has 2 N–H and O–H groups in total. The molecule has 0 aliphatic heterocycles. The Kier molecular flexibility index (Phi) is 7.91. The zero-order valence-corrected chi connectivity index (χ0v) is 19.2. The molecule has 0 saturated carbocycles. The fourth-order valence-corrected chi connectivity index (χ4v) is 3.13. The Labute approximate surface area is 193 Å². The number of benzene rings is 3. The number of hydrogen-bond donors (Lipinski definition) is 2. The molecule has 0 heterocycles. The van der Waals surface area contributed by atoms with Gasteiger partial charge in [-0.15, -0.1) is 0 Å². The van der Waals surface area contributed by atoms with Crippen molar-refractivity contribution in [3.05, 3.63) is 83.4 Å². The number of hydrogen-bond acceptors (Lipinski definition) is 5. The molecule has 3 aromatic rings. The van der Waals surface area contributed by atoms with Crippen LogP contribution in [0.5, 0.6) is 11.5 Å². The summed E-state index contributed by atoms with van der Waals surface area (Å²) in [7, 11) is 2.87. The van der Waals surface area contributed by atoms with Gasteiger partial charge in [-0.3, -0.25) is 0 Å². The number of urea groups is 1. The molecule has 0 aromatic heterocycles. The maximum absolute atomic E-state index is 12.4. The number of esters is 1. The van der Waals surface area contributed by atoms with Crippen LogP contribution in [0.1, 0.15) is 41.3 Å². The molecule has 3 rings (SSSR count). The standard InChI is InChI=1S/C26H28N2O5/c1-17(2)19-7-5-18(6-8-19)16-33-24-14-11-21(15-23(24)25(29)32-4)28-26(30)27-20-9-12-22(31-3)13-10-20/h5-15,17H,16H2,1-4H3,(H2,27,28,30). The van der Waals surface area contributed by atoms with E-state index < -0.39 is 12.0 Å². The smallest absolute Gasteiger partial charge is 0.341 e. The van der Waals surface area contributed by atoms with E-state index in [1.807, 2.05) is 12.1 Å². The molecule has 33 heavy (non-hydrogen) atoms. The van der Waals surface area contributed by atoms with Crippen molar-refractivity contribution < 1.29 is 23.8 Å². The molecule has 0 unspecified atom stereocenters. The number of carbonyl (C=O) groups excluding carboxylic acids is 2. The summed E-state index contributed by atoms with van der Waals surface area (Å²) in [6.45, 7) is 4.58. The summed E-state index contributed by atoms with van der Waals surface area (Å²) in [5.74, 6) is 0.957. The Morgan fingerprint density at radius 3 is 2.09 bits per heavy atom. The van der Waals surface area contributed by atoms with Crippen LogP contribution in [0.3, 0.4) is 0 Å². The van der Waals surface area contributed by atoms with Crippen molar-refractivity contribution in [3.63, 3.8) is 0 Å². The Bertz CT molecular complexity index is 1090. The van der Waals surface area contributed by atoms with E-state index in [0.29, 0.717) is 35.4 Å². The number of carbonyl (C=O) groups is 2. The lowest BCUT2D eigenvalue weighted by Crippen LogP contribution is -2.19. The molecule has 0 aliphatic rings. The molecule has 0 radical (unpaired) electrons. The monoisotopic (exact) mass is 448 g/mol. The molecular formula is C26H28N2O5. The van der Waals surface area contributed by atoms with Gasteiger partial charge in [0.1, 0.15) is 23.7 Å². The van der Waals surface area contributed by atoms with Gasteiger partial charge in [0, 0.05) is 11.4 Å². The molecule has 3 aromatic carbocycles. The van der Waals surface area contributed by atoms with Gasteiger partial charge in [-0.2, -0.15) is 0 Å².